The molecule has 0 aromatic heterocycles. The van der Waals surface area contributed by atoms with Crippen molar-refractivity contribution >= 4 is 23.6 Å². The van der Waals surface area contributed by atoms with Gasteiger partial charge < -0.3 is 25.6 Å². The Kier molecular flexibility index (Phi) is 8.00. The number of rotatable bonds is 8. The molecular weight excluding hydrogens is 384 g/mol. The molecule has 3 amide bonds. The van der Waals surface area contributed by atoms with Gasteiger partial charge in [-0.25, -0.2) is 9.59 Å². The molecule has 0 saturated carbocycles. The van der Waals surface area contributed by atoms with Gasteiger partial charge >= 0.3 is 12.0 Å². The van der Waals surface area contributed by atoms with Crippen LogP contribution in [0, 0.1) is 20.8 Å². The summed E-state index contributed by atoms with van der Waals surface area (Å²) < 4.78 is 5.18. The fraction of sp³-hybridized carbons (Fsp3) is 0.500. The van der Waals surface area contributed by atoms with E-state index in [2.05, 4.69) is 16.0 Å². The van der Waals surface area contributed by atoms with Gasteiger partial charge in [-0.2, -0.15) is 0 Å². The Morgan fingerprint density at radius 1 is 1.17 bits per heavy atom. The van der Waals surface area contributed by atoms with Gasteiger partial charge in [0.05, 0.1) is 31.0 Å². The average molecular weight is 418 g/mol. The van der Waals surface area contributed by atoms with Gasteiger partial charge in [-0.05, 0) is 45.2 Å². The van der Waals surface area contributed by atoms with Crippen LogP contribution in [0.4, 0.5) is 10.5 Å². The largest absolute Gasteiger partial charge is 0.463 e. The Labute approximate surface area is 178 Å². The monoisotopic (exact) mass is 417 g/mol. The lowest BCUT2D eigenvalue weighted by Crippen LogP contribution is -3.10. The lowest BCUT2D eigenvalue weighted by molar-refractivity contribution is -0.866. The van der Waals surface area contributed by atoms with Crippen molar-refractivity contribution in [3.63, 3.8) is 0 Å². The van der Waals surface area contributed by atoms with E-state index in [1.54, 1.807) is 6.92 Å². The van der Waals surface area contributed by atoms with Crippen LogP contribution in [0.5, 0.6) is 0 Å². The quantitative estimate of drug-likeness (QED) is 0.474. The van der Waals surface area contributed by atoms with E-state index >= 15 is 0 Å². The maximum atomic E-state index is 12.6. The van der Waals surface area contributed by atoms with E-state index in [-0.39, 0.29) is 25.1 Å². The summed E-state index contributed by atoms with van der Waals surface area (Å²) in [6, 6.07) is 3.30. The van der Waals surface area contributed by atoms with Crippen LogP contribution in [-0.2, 0) is 14.3 Å². The van der Waals surface area contributed by atoms with Crippen LogP contribution in [0.2, 0.25) is 0 Å². The predicted octanol–water partition coefficient (Wildman–Crippen LogP) is 0.974. The summed E-state index contributed by atoms with van der Waals surface area (Å²) in [5.74, 6) is -0.580. The molecule has 0 aliphatic carbocycles. The van der Waals surface area contributed by atoms with Crippen LogP contribution in [0.25, 0.3) is 0 Å². The molecule has 1 aliphatic heterocycles. The number of nitrogens with one attached hydrogen (secondary N) is 4. The molecule has 0 spiro atoms. The molecule has 8 heteroatoms. The second kappa shape index (κ2) is 10.2. The van der Waals surface area contributed by atoms with Crippen molar-refractivity contribution < 1.29 is 24.0 Å². The number of hydrogen-bond donors (Lipinski definition) is 4. The third-order valence-corrected chi connectivity index (χ3v) is 5.03. The smallest absolute Gasteiger partial charge is 0.338 e. The first-order valence-corrected chi connectivity index (χ1v) is 10.3. The number of quaternary nitrogens is 1. The molecule has 1 unspecified atom stereocenters. The van der Waals surface area contributed by atoms with E-state index in [9.17, 15) is 14.4 Å². The van der Waals surface area contributed by atoms with Gasteiger partial charge in [0.2, 0.25) is 0 Å². The lowest BCUT2D eigenvalue weighted by atomic mass is 10.00. The third kappa shape index (κ3) is 5.82. The first-order chi connectivity index (χ1) is 14.2. The van der Waals surface area contributed by atoms with Gasteiger partial charge in [-0.1, -0.05) is 24.6 Å². The minimum Gasteiger partial charge on any atom is -0.463 e. The van der Waals surface area contributed by atoms with Gasteiger partial charge in [-0.15, -0.1) is 0 Å². The summed E-state index contributed by atoms with van der Waals surface area (Å²) in [5.41, 5.74) is 4.92. The molecule has 0 fully saturated rings. The Morgan fingerprint density at radius 2 is 1.80 bits per heavy atom. The molecule has 1 aromatic carbocycles. The molecule has 0 saturated heterocycles. The van der Waals surface area contributed by atoms with Crippen molar-refractivity contribution in [1.82, 2.24) is 10.6 Å². The van der Waals surface area contributed by atoms with Gasteiger partial charge in [0, 0.05) is 5.69 Å². The standard InChI is InChI=1S/C22H32N4O4/c1-7-16-19(21(28)30-8-2)17(24-22(29)23-16)11-26(6)12-18(27)25-20-14(4)9-13(3)10-15(20)5/h9-10,16H,7-8,11-12H2,1-6H3,(H,25,27)(H2,23,24,29)/p+1/t16-/m1/s1. The highest BCUT2D eigenvalue weighted by Gasteiger charge is 2.33. The molecule has 1 heterocycles. The zero-order valence-electron chi connectivity index (χ0n) is 18.7. The fourth-order valence-corrected chi connectivity index (χ4v) is 3.80. The summed E-state index contributed by atoms with van der Waals surface area (Å²) in [5, 5.41) is 8.47. The molecule has 0 bridgehead atoms. The van der Waals surface area contributed by atoms with Crippen LogP contribution >= 0.6 is 0 Å². The molecule has 164 valence electrons. The minimum absolute atomic E-state index is 0.131. The first kappa shape index (κ1) is 23.4. The zero-order chi connectivity index (χ0) is 22.4. The molecule has 4 N–H and O–H groups in total. The van der Waals surface area contributed by atoms with Crippen LogP contribution < -0.4 is 20.9 Å². The molecule has 8 nitrogen and oxygen atoms in total. The number of likely N-dealkylation sites (N-methyl/N-ethyl adjacent to an activating group) is 1. The third-order valence-electron chi connectivity index (χ3n) is 5.03. The zero-order valence-corrected chi connectivity index (χ0v) is 18.7. The fourth-order valence-electron chi connectivity index (χ4n) is 3.80. The van der Waals surface area contributed by atoms with E-state index < -0.39 is 12.0 Å². The molecule has 1 aromatic rings. The first-order valence-electron chi connectivity index (χ1n) is 10.3. The maximum absolute atomic E-state index is 12.6. The Morgan fingerprint density at radius 3 is 2.37 bits per heavy atom. The van der Waals surface area contributed by atoms with Crippen molar-refractivity contribution in [2.75, 3.05) is 32.1 Å². The highest BCUT2D eigenvalue weighted by Crippen LogP contribution is 2.21. The van der Waals surface area contributed by atoms with E-state index in [1.165, 1.54) is 0 Å². The van der Waals surface area contributed by atoms with Gasteiger partial charge in [-0.3, -0.25) is 4.79 Å². The van der Waals surface area contributed by atoms with Crippen molar-refractivity contribution in [3.8, 4) is 0 Å². The predicted molar refractivity (Wildman–Crippen MR) is 115 cm³/mol. The van der Waals surface area contributed by atoms with E-state index in [0.29, 0.717) is 24.2 Å². The van der Waals surface area contributed by atoms with E-state index in [1.807, 2.05) is 46.9 Å². The summed E-state index contributed by atoms with van der Waals surface area (Å²) >= 11 is 0. The topological polar surface area (TPSA) is 101 Å². The Balaban J connectivity index is 2.14. The average Bonchev–Trinajstić information content (AvgIpc) is 2.64. The van der Waals surface area contributed by atoms with Gasteiger partial charge in [0.15, 0.2) is 6.54 Å². The molecule has 2 rings (SSSR count). The van der Waals surface area contributed by atoms with Gasteiger partial charge in [0.1, 0.15) is 6.54 Å². The second-order valence-electron chi connectivity index (χ2n) is 7.80. The Bertz CT molecular complexity index is 840. The van der Waals surface area contributed by atoms with E-state index in [0.717, 1.165) is 27.3 Å². The summed E-state index contributed by atoms with van der Waals surface area (Å²) in [4.78, 5) is 37.9. The molecule has 2 atom stereocenters. The van der Waals surface area contributed by atoms with Crippen molar-refractivity contribution in [3.05, 3.63) is 40.1 Å². The van der Waals surface area contributed by atoms with Crippen molar-refractivity contribution in [2.45, 2.75) is 47.1 Å². The van der Waals surface area contributed by atoms with Crippen LogP contribution in [0.1, 0.15) is 37.0 Å². The lowest BCUT2D eigenvalue weighted by Gasteiger charge is -2.29. The summed E-state index contributed by atoms with van der Waals surface area (Å²) in [6.45, 7) is 10.4. The van der Waals surface area contributed by atoms with Crippen LogP contribution in [-0.4, -0.2) is 50.7 Å². The SMILES string of the molecule is CCOC(=O)C1=C(C[NH+](C)CC(=O)Nc2c(C)cc(C)cc2C)NC(=O)N[C@@H]1CC. The number of aryl methyl sites for hydroxylation is 3. The number of anilines is 1. The number of carbonyl (C=O) groups excluding carboxylic acids is 3. The molecule has 1 aliphatic rings. The highest BCUT2D eigenvalue weighted by atomic mass is 16.5. The number of ether oxygens (including phenoxy) is 1. The second-order valence-corrected chi connectivity index (χ2v) is 7.80. The number of esters is 1. The van der Waals surface area contributed by atoms with Crippen molar-refractivity contribution in [1.29, 1.82) is 0 Å². The van der Waals surface area contributed by atoms with Crippen molar-refractivity contribution in [2.24, 2.45) is 0 Å². The number of amides is 3. The van der Waals surface area contributed by atoms with Crippen LogP contribution in [0.3, 0.4) is 0 Å². The summed E-state index contributed by atoms with van der Waals surface area (Å²) in [7, 11) is 1.85. The number of benzene rings is 1. The number of hydrogen-bond acceptors (Lipinski definition) is 4. The molecular formula is C22H33N4O4+. The van der Waals surface area contributed by atoms with Crippen LogP contribution in [0.15, 0.2) is 23.4 Å². The normalized spacial score (nSPS) is 17.1. The maximum Gasteiger partial charge on any atom is 0.338 e. The molecule has 30 heavy (non-hydrogen) atoms. The summed E-state index contributed by atoms with van der Waals surface area (Å²) in [6.07, 6.45) is 0.566. The Hall–Kier alpha value is -2.87. The minimum atomic E-state index is -0.449. The molecule has 0 radical (unpaired) electrons. The number of carbonyl (C=O) groups is 3. The van der Waals surface area contributed by atoms with Gasteiger partial charge in [0.25, 0.3) is 5.91 Å². The highest BCUT2D eigenvalue weighted by molar-refractivity contribution is 5.95. The van der Waals surface area contributed by atoms with E-state index in [4.69, 9.17) is 4.74 Å². The number of urea groups is 1.